The molecule has 0 aromatic heterocycles. The minimum atomic E-state index is -0.465. The molecule has 21 heavy (non-hydrogen) atoms. The van der Waals surface area contributed by atoms with Crippen molar-refractivity contribution < 1.29 is 4.79 Å². The molecular weight excluding hydrogens is 286 g/mol. The van der Waals surface area contributed by atoms with Gasteiger partial charge in [0.15, 0.2) is 0 Å². The van der Waals surface area contributed by atoms with E-state index < -0.39 is 5.91 Å². The Bertz CT molecular complexity index is 700. The Balaban J connectivity index is 1.78. The molecule has 1 aliphatic rings. The second-order valence-corrected chi connectivity index (χ2v) is 5.55. The summed E-state index contributed by atoms with van der Waals surface area (Å²) in [4.78, 5) is 11.4. The van der Waals surface area contributed by atoms with Crippen molar-refractivity contribution >= 4 is 23.2 Å². The van der Waals surface area contributed by atoms with Gasteiger partial charge < -0.3 is 16.4 Å². The molecule has 5 heteroatoms. The lowest BCUT2D eigenvalue weighted by atomic mass is 10.1. The van der Waals surface area contributed by atoms with Crippen LogP contribution in [0.15, 0.2) is 36.4 Å². The molecule has 0 bridgehead atoms. The van der Waals surface area contributed by atoms with E-state index in [1.807, 2.05) is 0 Å². The van der Waals surface area contributed by atoms with Gasteiger partial charge in [0.2, 0.25) is 0 Å². The fraction of sp³-hybridized carbons (Fsp3) is 0.188. The topological polar surface area (TPSA) is 67.2 Å². The van der Waals surface area contributed by atoms with Gasteiger partial charge >= 0.3 is 0 Å². The van der Waals surface area contributed by atoms with Crippen molar-refractivity contribution in [3.8, 4) is 0 Å². The summed E-state index contributed by atoms with van der Waals surface area (Å²) in [6.07, 6.45) is 0. The van der Waals surface area contributed by atoms with Crippen LogP contribution in [-0.4, -0.2) is 5.91 Å². The third kappa shape index (κ3) is 3.01. The number of carbonyl (C=O) groups is 1. The molecule has 0 saturated heterocycles. The summed E-state index contributed by atoms with van der Waals surface area (Å²) < 4.78 is 0. The molecule has 1 aliphatic heterocycles. The first-order valence-corrected chi connectivity index (χ1v) is 7.16. The third-order valence-corrected chi connectivity index (χ3v) is 3.87. The van der Waals surface area contributed by atoms with Crippen LogP contribution in [0.25, 0.3) is 0 Å². The Morgan fingerprint density at radius 2 is 2.00 bits per heavy atom. The molecule has 0 saturated carbocycles. The number of hydrogen-bond donors (Lipinski definition) is 3. The quantitative estimate of drug-likeness (QED) is 0.813. The predicted molar refractivity (Wildman–Crippen MR) is 84.3 cm³/mol. The van der Waals surface area contributed by atoms with Crippen molar-refractivity contribution in [3.05, 3.63) is 63.7 Å². The van der Waals surface area contributed by atoms with Crippen molar-refractivity contribution in [1.82, 2.24) is 5.32 Å². The highest BCUT2D eigenvalue weighted by molar-refractivity contribution is 6.31. The lowest BCUT2D eigenvalue weighted by Crippen LogP contribution is -2.14. The standard InChI is InChI=1S/C16H16ClN3O/c17-13-3-4-14(16(18)21)15(6-13)20-7-10-1-2-11-8-19-9-12(11)5-10/h1-6,19-20H,7-9H2,(H2,18,21). The molecular formula is C16H16ClN3O. The summed E-state index contributed by atoms with van der Waals surface area (Å²) in [7, 11) is 0. The molecule has 0 unspecified atom stereocenters. The number of primary amides is 1. The molecule has 4 N–H and O–H groups in total. The van der Waals surface area contributed by atoms with Crippen LogP contribution in [-0.2, 0) is 19.6 Å². The first-order valence-electron chi connectivity index (χ1n) is 6.78. The van der Waals surface area contributed by atoms with Gasteiger partial charge in [0.05, 0.1) is 5.56 Å². The molecule has 0 spiro atoms. The zero-order chi connectivity index (χ0) is 14.8. The molecule has 0 atom stereocenters. The average molecular weight is 302 g/mol. The predicted octanol–water partition coefficient (Wildman–Crippen LogP) is 2.65. The average Bonchev–Trinajstić information content (AvgIpc) is 2.92. The van der Waals surface area contributed by atoms with Crippen molar-refractivity contribution in [2.45, 2.75) is 19.6 Å². The number of nitrogens with one attached hydrogen (secondary N) is 2. The van der Waals surface area contributed by atoms with E-state index in [9.17, 15) is 4.79 Å². The Morgan fingerprint density at radius 3 is 2.81 bits per heavy atom. The normalized spacial score (nSPS) is 13.0. The summed E-state index contributed by atoms with van der Waals surface area (Å²) >= 11 is 5.98. The number of amides is 1. The van der Waals surface area contributed by atoms with Crippen LogP contribution in [0.4, 0.5) is 5.69 Å². The number of rotatable bonds is 4. The van der Waals surface area contributed by atoms with E-state index in [2.05, 4.69) is 28.8 Å². The van der Waals surface area contributed by atoms with Crippen molar-refractivity contribution in [3.63, 3.8) is 0 Å². The molecule has 108 valence electrons. The molecule has 1 amide bonds. The van der Waals surface area contributed by atoms with Crippen LogP contribution in [0, 0.1) is 0 Å². The highest BCUT2D eigenvalue weighted by atomic mass is 35.5. The minimum absolute atomic E-state index is 0.447. The molecule has 0 aliphatic carbocycles. The van der Waals surface area contributed by atoms with E-state index in [1.165, 1.54) is 11.1 Å². The number of carbonyl (C=O) groups excluding carboxylic acids is 1. The van der Waals surface area contributed by atoms with Gasteiger partial charge in [-0.15, -0.1) is 0 Å². The summed E-state index contributed by atoms with van der Waals surface area (Å²) in [6.45, 7) is 2.46. The maximum absolute atomic E-state index is 11.4. The number of hydrogen-bond acceptors (Lipinski definition) is 3. The molecule has 2 aromatic carbocycles. The summed E-state index contributed by atoms with van der Waals surface area (Å²) in [5.74, 6) is -0.465. The van der Waals surface area contributed by atoms with Crippen LogP contribution in [0.5, 0.6) is 0 Å². The van der Waals surface area contributed by atoms with Crippen molar-refractivity contribution in [2.75, 3.05) is 5.32 Å². The summed E-state index contributed by atoms with van der Waals surface area (Å²) in [5, 5.41) is 7.13. The summed E-state index contributed by atoms with van der Waals surface area (Å²) in [6, 6.07) is 11.4. The van der Waals surface area contributed by atoms with Gasteiger partial charge in [-0.05, 0) is 34.9 Å². The van der Waals surface area contributed by atoms with Gasteiger partial charge in [0, 0.05) is 30.3 Å². The Hall–Kier alpha value is -2.04. The van der Waals surface area contributed by atoms with Crippen LogP contribution < -0.4 is 16.4 Å². The zero-order valence-corrected chi connectivity index (χ0v) is 12.2. The monoisotopic (exact) mass is 301 g/mol. The Kier molecular flexibility index (Phi) is 3.82. The van der Waals surface area contributed by atoms with Gasteiger partial charge in [-0.3, -0.25) is 4.79 Å². The summed E-state index contributed by atoms with van der Waals surface area (Å²) in [5.41, 5.74) is 10.3. The second kappa shape index (κ2) is 5.76. The fourth-order valence-electron chi connectivity index (χ4n) is 2.53. The number of halogens is 1. The van der Waals surface area contributed by atoms with Crippen molar-refractivity contribution in [1.29, 1.82) is 0 Å². The van der Waals surface area contributed by atoms with Gasteiger partial charge in [0.1, 0.15) is 0 Å². The number of anilines is 1. The SMILES string of the molecule is NC(=O)c1ccc(Cl)cc1NCc1ccc2c(c1)CNC2. The van der Waals surface area contributed by atoms with Crippen LogP contribution in [0.3, 0.4) is 0 Å². The molecule has 3 rings (SSSR count). The molecule has 4 nitrogen and oxygen atoms in total. The van der Waals surface area contributed by atoms with Crippen LogP contribution in [0.1, 0.15) is 27.0 Å². The first-order chi connectivity index (χ1) is 10.1. The van der Waals surface area contributed by atoms with E-state index in [1.54, 1.807) is 18.2 Å². The van der Waals surface area contributed by atoms with Crippen LogP contribution >= 0.6 is 11.6 Å². The highest BCUT2D eigenvalue weighted by Crippen LogP contribution is 2.22. The number of fused-ring (bicyclic) bond motifs is 1. The van der Waals surface area contributed by atoms with E-state index in [0.29, 0.717) is 22.8 Å². The zero-order valence-electron chi connectivity index (χ0n) is 11.4. The first kappa shape index (κ1) is 13.9. The smallest absolute Gasteiger partial charge is 0.250 e. The fourth-order valence-corrected chi connectivity index (χ4v) is 2.71. The van der Waals surface area contributed by atoms with Gasteiger partial charge in [-0.2, -0.15) is 0 Å². The Labute approximate surface area is 128 Å². The van der Waals surface area contributed by atoms with E-state index in [-0.39, 0.29) is 0 Å². The van der Waals surface area contributed by atoms with Gasteiger partial charge in [-0.25, -0.2) is 0 Å². The Morgan fingerprint density at radius 1 is 1.19 bits per heavy atom. The minimum Gasteiger partial charge on any atom is -0.380 e. The number of benzene rings is 2. The lowest BCUT2D eigenvalue weighted by molar-refractivity contribution is 0.100. The van der Waals surface area contributed by atoms with Crippen LogP contribution in [0.2, 0.25) is 5.02 Å². The molecule has 0 radical (unpaired) electrons. The van der Waals surface area contributed by atoms with E-state index in [0.717, 1.165) is 18.7 Å². The molecule has 2 aromatic rings. The number of nitrogens with two attached hydrogens (primary N) is 1. The van der Waals surface area contributed by atoms with E-state index in [4.69, 9.17) is 17.3 Å². The van der Waals surface area contributed by atoms with E-state index >= 15 is 0 Å². The second-order valence-electron chi connectivity index (χ2n) is 5.11. The third-order valence-electron chi connectivity index (χ3n) is 3.63. The largest absolute Gasteiger partial charge is 0.380 e. The molecule has 1 heterocycles. The maximum atomic E-state index is 11.4. The maximum Gasteiger partial charge on any atom is 0.250 e. The van der Waals surface area contributed by atoms with Gasteiger partial charge in [0.25, 0.3) is 5.91 Å². The van der Waals surface area contributed by atoms with Crippen molar-refractivity contribution in [2.24, 2.45) is 5.73 Å². The van der Waals surface area contributed by atoms with Gasteiger partial charge in [-0.1, -0.05) is 29.8 Å². The lowest BCUT2D eigenvalue weighted by Gasteiger charge is -2.11. The highest BCUT2D eigenvalue weighted by Gasteiger charge is 2.11. The molecule has 0 fully saturated rings.